The molecule has 0 atom stereocenters. The molecule has 1 heterocycles. The van der Waals surface area contributed by atoms with Gasteiger partial charge in [-0.3, -0.25) is 0 Å². The van der Waals surface area contributed by atoms with E-state index in [-0.39, 0.29) is 20.1 Å². The van der Waals surface area contributed by atoms with Gasteiger partial charge in [-0.2, -0.15) is 0 Å². The van der Waals surface area contributed by atoms with Crippen molar-refractivity contribution in [3.63, 3.8) is 0 Å². The molecule has 0 amide bonds. The Bertz CT molecular complexity index is 845. The third-order valence-electron chi connectivity index (χ3n) is 5.19. The van der Waals surface area contributed by atoms with Gasteiger partial charge in [-0.1, -0.05) is 51.1 Å². The number of aromatic nitrogens is 1. The number of hydrogen-bond donors (Lipinski definition) is 0. The van der Waals surface area contributed by atoms with Crippen molar-refractivity contribution in [1.29, 1.82) is 0 Å². The molecule has 0 spiro atoms. The molecule has 27 heavy (non-hydrogen) atoms. The predicted molar refractivity (Wildman–Crippen MR) is 118 cm³/mol. The third-order valence-corrected chi connectivity index (χ3v) is 10.5. The van der Waals surface area contributed by atoms with Crippen molar-refractivity contribution in [2.24, 2.45) is 0 Å². The summed E-state index contributed by atoms with van der Waals surface area (Å²) >= 11 is 0. The molecule has 145 valence electrons. The molecule has 0 aliphatic rings. The van der Waals surface area contributed by atoms with E-state index < -0.39 is 7.26 Å². The fourth-order valence-corrected chi connectivity index (χ4v) is 8.94. The monoisotopic (exact) mass is 556 g/mol. The summed E-state index contributed by atoms with van der Waals surface area (Å²) in [7, 11) is -1.09. The Morgan fingerprint density at radius 2 is 1.48 bits per heavy atom. The van der Waals surface area contributed by atoms with Gasteiger partial charge in [0, 0.05) is 38.9 Å². The smallest absolute Gasteiger partial charge is 0.0623 e. The molecule has 1 radical (unpaired) electrons. The first kappa shape index (κ1) is 22.2. The van der Waals surface area contributed by atoms with Crippen LogP contribution in [0.1, 0.15) is 40.0 Å². The molecular weight excluding hydrogens is 525 g/mol. The molecule has 0 aliphatic heterocycles. The predicted octanol–water partition coefficient (Wildman–Crippen LogP) is 6.57. The Morgan fingerprint density at radius 1 is 0.852 bits per heavy atom. The van der Waals surface area contributed by atoms with Gasteiger partial charge in [-0.05, 0) is 35.7 Å². The Balaban J connectivity index is 0.00000261. The van der Waals surface area contributed by atoms with Crippen molar-refractivity contribution >= 4 is 23.3 Å². The number of pyridine rings is 1. The Kier molecular flexibility index (Phi) is 8.61. The van der Waals surface area contributed by atoms with E-state index in [1.165, 1.54) is 48.5 Å². The molecule has 0 N–H and O–H groups in total. The van der Waals surface area contributed by atoms with Crippen LogP contribution in [0.2, 0.25) is 0 Å². The van der Waals surface area contributed by atoms with Gasteiger partial charge in [0.25, 0.3) is 0 Å². The second kappa shape index (κ2) is 10.5. The Morgan fingerprint density at radius 3 is 2.11 bits per heavy atom. The minimum atomic E-state index is -1.09. The van der Waals surface area contributed by atoms with E-state index in [9.17, 15) is 0 Å². The second-order valence-electron chi connectivity index (χ2n) is 7.19. The van der Waals surface area contributed by atoms with Crippen LogP contribution in [-0.2, 0) is 20.1 Å². The van der Waals surface area contributed by atoms with Crippen molar-refractivity contribution in [3.05, 3.63) is 60.8 Å². The number of benzene rings is 2. The van der Waals surface area contributed by atoms with Gasteiger partial charge in [-0.25, -0.2) is 0 Å². The summed E-state index contributed by atoms with van der Waals surface area (Å²) in [6.07, 6.45) is 9.90. The average Bonchev–Trinajstić information content (AvgIpc) is 2.68. The SMILES string of the molecule is CCC[P+](CCC)(CCC)c1cc[c-]c(-c2cc3ccccc3cn2)c1.[Ir]. The van der Waals surface area contributed by atoms with Crippen molar-refractivity contribution in [2.75, 3.05) is 18.5 Å². The van der Waals surface area contributed by atoms with Gasteiger partial charge < -0.3 is 4.98 Å². The summed E-state index contributed by atoms with van der Waals surface area (Å²) < 4.78 is 0. The second-order valence-corrected chi connectivity index (χ2v) is 11.3. The average molecular weight is 556 g/mol. The number of hydrogen-bond acceptors (Lipinski definition) is 1. The maximum atomic E-state index is 4.72. The number of fused-ring (bicyclic) bond motifs is 1. The third kappa shape index (κ3) is 5.05. The van der Waals surface area contributed by atoms with E-state index in [4.69, 9.17) is 4.98 Å². The topological polar surface area (TPSA) is 12.9 Å². The summed E-state index contributed by atoms with van der Waals surface area (Å²) in [5.74, 6) is 0. The maximum absolute atomic E-state index is 4.72. The zero-order valence-electron chi connectivity index (χ0n) is 16.7. The van der Waals surface area contributed by atoms with Crippen LogP contribution in [0, 0.1) is 6.07 Å². The molecule has 0 saturated carbocycles. The first-order valence-corrected chi connectivity index (χ1v) is 12.3. The van der Waals surface area contributed by atoms with Crippen molar-refractivity contribution < 1.29 is 20.1 Å². The van der Waals surface area contributed by atoms with Gasteiger partial charge in [0.2, 0.25) is 0 Å². The molecule has 0 fully saturated rings. The zero-order chi connectivity index (χ0) is 18.4. The maximum Gasteiger partial charge on any atom is 0.0623 e. The van der Waals surface area contributed by atoms with Gasteiger partial charge in [-0.15, -0.1) is 29.8 Å². The molecule has 0 aliphatic carbocycles. The molecular formula is C24H30IrNP. The van der Waals surface area contributed by atoms with E-state index in [1.807, 2.05) is 6.20 Å². The van der Waals surface area contributed by atoms with Crippen molar-refractivity contribution in [1.82, 2.24) is 4.98 Å². The van der Waals surface area contributed by atoms with Crippen LogP contribution in [0.5, 0.6) is 0 Å². The van der Waals surface area contributed by atoms with E-state index in [1.54, 1.807) is 5.30 Å². The fourth-order valence-electron chi connectivity index (χ4n) is 4.14. The molecule has 0 unspecified atom stereocenters. The number of nitrogens with zero attached hydrogens (tertiary/aromatic N) is 1. The van der Waals surface area contributed by atoms with Crippen molar-refractivity contribution in [3.8, 4) is 11.3 Å². The van der Waals surface area contributed by atoms with Crippen LogP contribution < -0.4 is 5.30 Å². The van der Waals surface area contributed by atoms with Crippen LogP contribution in [0.25, 0.3) is 22.0 Å². The molecule has 1 aromatic heterocycles. The summed E-state index contributed by atoms with van der Waals surface area (Å²) in [6, 6.07) is 20.9. The minimum absolute atomic E-state index is 0. The molecule has 3 aromatic rings. The Labute approximate surface area is 178 Å². The first-order chi connectivity index (χ1) is 12.7. The van der Waals surface area contributed by atoms with E-state index in [0.29, 0.717) is 0 Å². The molecule has 2 aromatic carbocycles. The quantitative estimate of drug-likeness (QED) is 0.226. The van der Waals surface area contributed by atoms with Gasteiger partial charge >= 0.3 is 0 Å². The normalized spacial score (nSPS) is 11.4. The molecule has 3 heteroatoms. The van der Waals surface area contributed by atoms with E-state index in [2.05, 4.69) is 75.4 Å². The first-order valence-electron chi connectivity index (χ1n) is 9.96. The molecule has 0 bridgehead atoms. The van der Waals surface area contributed by atoms with Gasteiger partial charge in [0.1, 0.15) is 0 Å². The van der Waals surface area contributed by atoms with E-state index in [0.717, 1.165) is 11.3 Å². The minimum Gasteiger partial charge on any atom is -0.304 e. The van der Waals surface area contributed by atoms with E-state index >= 15 is 0 Å². The Hall–Kier alpha value is -1.07. The van der Waals surface area contributed by atoms with Crippen molar-refractivity contribution in [2.45, 2.75) is 40.0 Å². The molecule has 0 saturated heterocycles. The van der Waals surface area contributed by atoms with Gasteiger partial charge in [0.05, 0.1) is 18.5 Å². The largest absolute Gasteiger partial charge is 0.304 e. The van der Waals surface area contributed by atoms with Crippen LogP contribution in [-0.4, -0.2) is 23.5 Å². The summed E-state index contributed by atoms with van der Waals surface area (Å²) in [4.78, 5) is 4.72. The summed E-state index contributed by atoms with van der Waals surface area (Å²) in [5, 5.41) is 4.01. The van der Waals surface area contributed by atoms with Crippen LogP contribution in [0.4, 0.5) is 0 Å². The standard InChI is InChI=1S/C24H30NP.Ir/c1-4-14-26(15-5-2,16-6-3)23-13-9-12-21(17-23)24-18-20-10-7-8-11-22(20)19-25-24;/h7-11,13,17-19H,4-6,14-16H2,1-3H3;. The van der Waals surface area contributed by atoms with Crippen LogP contribution >= 0.6 is 7.26 Å². The number of rotatable bonds is 8. The fraction of sp³-hybridized carbons (Fsp3) is 0.375. The molecule has 1 nitrogen and oxygen atoms in total. The van der Waals surface area contributed by atoms with Crippen LogP contribution in [0.3, 0.4) is 0 Å². The zero-order valence-corrected chi connectivity index (χ0v) is 20.0. The summed E-state index contributed by atoms with van der Waals surface area (Å²) in [6.45, 7) is 7.00. The molecule has 3 rings (SSSR count). The van der Waals surface area contributed by atoms with Crippen LogP contribution in [0.15, 0.2) is 54.7 Å². The summed E-state index contributed by atoms with van der Waals surface area (Å²) in [5.41, 5.74) is 2.18. The van der Waals surface area contributed by atoms with Gasteiger partial charge in [0.15, 0.2) is 0 Å².